The topological polar surface area (TPSA) is 366 Å². The van der Waals surface area contributed by atoms with Crippen LogP contribution in [0.25, 0.3) is 0 Å². The van der Waals surface area contributed by atoms with Gasteiger partial charge in [-0.15, -0.1) is 0 Å². The maximum Gasteiger partial charge on any atom is 0.338 e. The molecular weight excluding hydrogens is 784 g/mol. The van der Waals surface area contributed by atoms with Crippen molar-refractivity contribution in [1.82, 2.24) is 0 Å². The molecule has 0 aliphatic carbocycles. The van der Waals surface area contributed by atoms with Gasteiger partial charge >= 0.3 is 23.9 Å². The van der Waals surface area contributed by atoms with Crippen molar-refractivity contribution in [3.63, 3.8) is 0 Å². The monoisotopic (exact) mass is 816 g/mol. The summed E-state index contributed by atoms with van der Waals surface area (Å²) in [7, 11) is 1.02. The number of esters is 4. The fraction of sp³-hybridized carbons (Fsp3) is 0.222. The van der Waals surface area contributed by atoms with Gasteiger partial charge in [-0.05, 0) is 48.5 Å². The van der Waals surface area contributed by atoms with Crippen molar-refractivity contribution in [2.75, 3.05) is 20.3 Å². The fourth-order valence-electron chi connectivity index (χ4n) is 5.57. The lowest BCUT2D eigenvalue weighted by Crippen LogP contribution is -2.63. The minimum absolute atomic E-state index is 0.506. The van der Waals surface area contributed by atoms with Crippen LogP contribution in [0.5, 0.6) is 69.0 Å². The van der Waals surface area contributed by atoms with Crippen molar-refractivity contribution in [2.45, 2.75) is 30.5 Å². The van der Waals surface area contributed by atoms with Gasteiger partial charge in [0.15, 0.2) is 81.2 Å². The van der Waals surface area contributed by atoms with Gasteiger partial charge in [0.2, 0.25) is 0 Å². The number of carbonyl (C=O) groups excluding carboxylic acids is 4. The molecule has 4 atom stereocenters. The van der Waals surface area contributed by atoms with Gasteiger partial charge in [-0.25, -0.2) is 19.2 Å². The van der Waals surface area contributed by atoms with Crippen LogP contribution >= 0.6 is 0 Å². The molecule has 22 nitrogen and oxygen atoms in total. The number of hydrogen-bond acceptors (Lipinski definition) is 22. The summed E-state index contributed by atoms with van der Waals surface area (Å²) >= 11 is 0. The van der Waals surface area contributed by atoms with E-state index in [0.29, 0.717) is 24.3 Å². The van der Waals surface area contributed by atoms with Crippen LogP contribution < -0.4 is 0 Å². The van der Waals surface area contributed by atoms with Crippen molar-refractivity contribution < 1.29 is 109 Å². The first kappa shape index (κ1) is 41.4. The molecule has 1 saturated heterocycles. The van der Waals surface area contributed by atoms with E-state index in [1.165, 1.54) is 0 Å². The number of ether oxygens (including phenoxy) is 6. The first-order valence-electron chi connectivity index (χ1n) is 16.2. The highest BCUT2D eigenvalue weighted by Gasteiger charge is 2.51. The molecule has 0 radical (unpaired) electrons. The zero-order valence-corrected chi connectivity index (χ0v) is 29.4. The summed E-state index contributed by atoms with van der Waals surface area (Å²) in [6, 6.07) is 5.71. The molecule has 0 spiro atoms. The van der Waals surface area contributed by atoms with Crippen molar-refractivity contribution >= 4 is 23.9 Å². The van der Waals surface area contributed by atoms with E-state index < -0.39 is 159 Å². The van der Waals surface area contributed by atoms with Crippen molar-refractivity contribution in [1.29, 1.82) is 0 Å². The third kappa shape index (κ3) is 8.56. The molecule has 1 heterocycles. The maximum absolute atomic E-state index is 13.5. The standard InChI is InChI=1S/C36H32O22/c1-53-32-30(57-35(51)14-6-20(41)28(47)21(42)7-14)24(10-54-33(49)12-2-16(37)26(45)17(38)3-12)56-25(11-55-34(50)13-4-18(39)27(46)19(40)5-13)31(32)58-36(52)15-8-22(43)29(48)23(44)9-15/h2-9,24-25,30-32,37-48H,10-11H2,1H3. The SMILES string of the molecule is COC1C(OC(=O)c2cc(O)c(O)c(O)c2)C(COC(=O)c2cc(O)c(O)c(O)c2)OC(COC(=O)c2cc(O)c(O)c(O)c2)C1OC(=O)c1cc(O)c(O)c(O)c1. The summed E-state index contributed by atoms with van der Waals surface area (Å²) in [6.07, 6.45) is -8.83. The van der Waals surface area contributed by atoms with E-state index in [1.807, 2.05) is 0 Å². The van der Waals surface area contributed by atoms with Gasteiger partial charge in [0.25, 0.3) is 0 Å². The smallest absolute Gasteiger partial charge is 0.338 e. The zero-order chi connectivity index (χ0) is 42.7. The molecule has 1 fully saturated rings. The lowest BCUT2D eigenvalue weighted by atomic mass is 9.94. The van der Waals surface area contributed by atoms with E-state index in [-0.39, 0.29) is 0 Å². The van der Waals surface area contributed by atoms with E-state index in [1.54, 1.807) is 0 Å². The largest absolute Gasteiger partial charge is 0.504 e. The number of hydrogen-bond donors (Lipinski definition) is 12. The van der Waals surface area contributed by atoms with E-state index in [9.17, 15) is 80.5 Å². The Hall–Kier alpha value is -7.72. The predicted molar refractivity (Wildman–Crippen MR) is 184 cm³/mol. The summed E-state index contributed by atoms with van der Waals surface area (Å²) in [4.78, 5) is 53.0. The molecule has 308 valence electrons. The molecule has 0 saturated carbocycles. The molecule has 1 aliphatic heterocycles. The molecular formula is C36H32O22. The Bertz CT molecular complexity index is 2020. The van der Waals surface area contributed by atoms with E-state index >= 15 is 0 Å². The fourth-order valence-corrected chi connectivity index (χ4v) is 5.57. The summed E-state index contributed by atoms with van der Waals surface area (Å²) in [5.74, 6) is -16.6. The zero-order valence-electron chi connectivity index (χ0n) is 29.4. The minimum Gasteiger partial charge on any atom is -0.504 e. The van der Waals surface area contributed by atoms with Crippen LogP contribution in [-0.2, 0) is 28.4 Å². The lowest BCUT2D eigenvalue weighted by Gasteiger charge is -2.44. The number of phenols is 12. The van der Waals surface area contributed by atoms with Gasteiger partial charge in [0.1, 0.15) is 31.5 Å². The van der Waals surface area contributed by atoms with Crippen LogP contribution in [0.3, 0.4) is 0 Å². The molecule has 22 heteroatoms. The number of aromatic hydroxyl groups is 12. The molecule has 0 amide bonds. The summed E-state index contributed by atoms with van der Waals surface area (Å²) in [5, 5.41) is 118. The second-order valence-corrected chi connectivity index (χ2v) is 12.3. The predicted octanol–water partition coefficient (Wildman–Crippen LogP) is 1.40. The quantitative estimate of drug-likeness (QED) is 0.0578. The first-order valence-corrected chi connectivity index (χ1v) is 16.2. The molecule has 4 aromatic rings. The van der Waals surface area contributed by atoms with Crippen LogP contribution in [-0.4, -0.2) is 136 Å². The lowest BCUT2D eigenvalue weighted by molar-refractivity contribution is -0.241. The molecule has 12 N–H and O–H groups in total. The highest BCUT2D eigenvalue weighted by Crippen LogP contribution is 2.40. The first-order chi connectivity index (χ1) is 27.3. The molecule has 58 heavy (non-hydrogen) atoms. The maximum atomic E-state index is 13.5. The third-order valence-corrected chi connectivity index (χ3v) is 8.47. The number of methoxy groups -OCH3 is 1. The average Bonchev–Trinajstić information content (AvgIpc) is 3.18. The van der Waals surface area contributed by atoms with Crippen LogP contribution in [0.15, 0.2) is 48.5 Å². The molecule has 5 rings (SSSR count). The normalized spacial score (nSPS) is 18.8. The molecule has 1 aliphatic rings. The van der Waals surface area contributed by atoms with Crippen LogP contribution in [0.4, 0.5) is 0 Å². The van der Waals surface area contributed by atoms with Crippen molar-refractivity contribution in [3.05, 3.63) is 70.8 Å². The third-order valence-electron chi connectivity index (χ3n) is 8.47. The van der Waals surface area contributed by atoms with Gasteiger partial charge in [0.05, 0.1) is 22.3 Å². The molecule has 0 bridgehead atoms. The van der Waals surface area contributed by atoms with Gasteiger partial charge in [-0.1, -0.05) is 0 Å². The average molecular weight is 817 g/mol. The number of benzene rings is 4. The van der Waals surface area contributed by atoms with Gasteiger partial charge in [-0.2, -0.15) is 0 Å². The van der Waals surface area contributed by atoms with Crippen molar-refractivity contribution in [3.8, 4) is 69.0 Å². The molecule has 4 unspecified atom stereocenters. The Balaban J connectivity index is 1.53. The number of phenolic OH excluding ortho intramolecular Hbond substituents is 12. The summed E-state index contributed by atoms with van der Waals surface area (Å²) < 4.78 is 33.4. The number of carbonyl (C=O) groups is 4. The second kappa shape index (κ2) is 16.6. The van der Waals surface area contributed by atoms with E-state index in [0.717, 1.165) is 31.4 Å². The Morgan fingerprint density at radius 2 is 0.672 bits per heavy atom. The molecule has 0 aromatic heterocycles. The van der Waals surface area contributed by atoms with Crippen LogP contribution in [0.1, 0.15) is 41.4 Å². The van der Waals surface area contributed by atoms with Crippen LogP contribution in [0, 0.1) is 0 Å². The van der Waals surface area contributed by atoms with Gasteiger partial charge in [-0.3, -0.25) is 0 Å². The second-order valence-electron chi connectivity index (χ2n) is 12.3. The Morgan fingerprint density at radius 3 is 0.914 bits per heavy atom. The van der Waals surface area contributed by atoms with Gasteiger partial charge in [0, 0.05) is 7.11 Å². The van der Waals surface area contributed by atoms with Gasteiger partial charge < -0.3 is 89.7 Å². The Labute approximate surface area is 323 Å². The highest BCUT2D eigenvalue weighted by atomic mass is 16.7. The number of rotatable bonds is 11. The van der Waals surface area contributed by atoms with Crippen molar-refractivity contribution in [2.24, 2.45) is 0 Å². The highest BCUT2D eigenvalue weighted by molar-refractivity contribution is 5.93. The van der Waals surface area contributed by atoms with E-state index in [2.05, 4.69) is 0 Å². The Morgan fingerprint density at radius 1 is 0.431 bits per heavy atom. The minimum atomic E-state index is -1.85. The Kier molecular flexibility index (Phi) is 11.8. The molecule has 4 aromatic carbocycles. The van der Waals surface area contributed by atoms with E-state index in [4.69, 9.17) is 28.4 Å². The van der Waals surface area contributed by atoms with Crippen LogP contribution in [0.2, 0.25) is 0 Å². The summed E-state index contributed by atoms with van der Waals surface area (Å²) in [6.45, 7) is -1.84. The summed E-state index contributed by atoms with van der Waals surface area (Å²) in [5.41, 5.74) is -2.16.